The summed E-state index contributed by atoms with van der Waals surface area (Å²) in [4.78, 5) is 10.6. The lowest BCUT2D eigenvalue weighted by Gasteiger charge is -2.01. The minimum absolute atomic E-state index is 0.0920. The third-order valence-electron chi connectivity index (χ3n) is 1.50. The first-order valence-corrected chi connectivity index (χ1v) is 6.37. The van der Waals surface area contributed by atoms with Crippen LogP contribution < -0.4 is 0 Å². The number of benzene rings is 1. The summed E-state index contributed by atoms with van der Waals surface area (Å²) < 4.78 is 23.2. The normalized spacial score (nSPS) is 11.2. The van der Waals surface area contributed by atoms with Crippen molar-refractivity contribution in [1.82, 2.24) is 0 Å². The number of rotatable bonds is 2. The zero-order chi connectivity index (χ0) is 10.1. The topological polar surface area (TPSA) is 51.2 Å². The maximum atomic E-state index is 11.2. The molecule has 1 aromatic rings. The van der Waals surface area contributed by atoms with Gasteiger partial charge in [0.1, 0.15) is 0 Å². The highest BCUT2D eigenvalue weighted by molar-refractivity contribution is 14.1. The summed E-state index contributed by atoms with van der Waals surface area (Å²) in [6.45, 7) is 0. The van der Waals surface area contributed by atoms with Crippen LogP contribution in [0.1, 0.15) is 10.4 Å². The molecule has 0 fully saturated rings. The van der Waals surface area contributed by atoms with Crippen molar-refractivity contribution in [3.05, 3.63) is 27.3 Å². The molecule has 0 N–H and O–H groups in total. The first-order valence-electron chi connectivity index (χ1n) is 3.40. The molecular formula is C8H7IO3S. The number of carbonyl (C=O) groups excluding carboxylic acids is 1. The Morgan fingerprint density at radius 3 is 2.46 bits per heavy atom. The van der Waals surface area contributed by atoms with Crippen LogP contribution in [0.25, 0.3) is 0 Å². The van der Waals surface area contributed by atoms with Crippen molar-refractivity contribution in [3.8, 4) is 0 Å². The Kier molecular flexibility index (Phi) is 3.07. The van der Waals surface area contributed by atoms with E-state index in [4.69, 9.17) is 0 Å². The fourth-order valence-electron chi connectivity index (χ4n) is 0.927. The van der Waals surface area contributed by atoms with Crippen molar-refractivity contribution < 1.29 is 13.2 Å². The van der Waals surface area contributed by atoms with Gasteiger partial charge in [0.15, 0.2) is 16.1 Å². The average Bonchev–Trinajstić information content (AvgIpc) is 2.03. The third kappa shape index (κ3) is 2.50. The molecule has 0 aromatic heterocycles. The SMILES string of the molecule is CS(=O)(=O)c1cc(I)ccc1C=O. The highest BCUT2D eigenvalue weighted by atomic mass is 127. The molecule has 0 aliphatic carbocycles. The third-order valence-corrected chi connectivity index (χ3v) is 3.33. The van der Waals surface area contributed by atoms with Gasteiger partial charge in [-0.3, -0.25) is 4.79 Å². The summed E-state index contributed by atoms with van der Waals surface area (Å²) in [7, 11) is -3.30. The van der Waals surface area contributed by atoms with Crippen molar-refractivity contribution in [1.29, 1.82) is 0 Å². The molecule has 3 nitrogen and oxygen atoms in total. The molecule has 0 bridgehead atoms. The van der Waals surface area contributed by atoms with Crippen molar-refractivity contribution in [2.75, 3.05) is 6.26 Å². The lowest BCUT2D eigenvalue weighted by Crippen LogP contribution is -2.02. The van der Waals surface area contributed by atoms with E-state index in [1.807, 2.05) is 22.6 Å². The summed E-state index contributed by atoms with van der Waals surface area (Å²) in [6, 6.07) is 4.68. The molecule has 0 saturated heterocycles. The minimum atomic E-state index is -3.30. The molecule has 5 heteroatoms. The molecule has 0 aliphatic rings. The van der Waals surface area contributed by atoms with Crippen molar-refractivity contribution >= 4 is 38.7 Å². The molecule has 0 aliphatic heterocycles. The van der Waals surface area contributed by atoms with E-state index in [-0.39, 0.29) is 10.5 Å². The predicted molar refractivity (Wildman–Crippen MR) is 57.7 cm³/mol. The molecule has 0 unspecified atom stereocenters. The predicted octanol–water partition coefficient (Wildman–Crippen LogP) is 1.51. The summed E-state index contributed by atoms with van der Waals surface area (Å²) in [5, 5.41) is 0. The van der Waals surface area contributed by atoms with Gasteiger partial charge in [0.25, 0.3) is 0 Å². The number of carbonyl (C=O) groups is 1. The highest BCUT2D eigenvalue weighted by Crippen LogP contribution is 2.17. The largest absolute Gasteiger partial charge is 0.298 e. The zero-order valence-corrected chi connectivity index (χ0v) is 9.79. The average molecular weight is 310 g/mol. The van der Waals surface area contributed by atoms with Gasteiger partial charge in [-0.25, -0.2) is 8.42 Å². The van der Waals surface area contributed by atoms with E-state index in [0.717, 1.165) is 9.83 Å². The lowest BCUT2D eigenvalue weighted by molar-refractivity contribution is 0.112. The van der Waals surface area contributed by atoms with Crippen LogP contribution >= 0.6 is 22.6 Å². The zero-order valence-electron chi connectivity index (χ0n) is 6.82. The summed E-state index contributed by atoms with van der Waals surface area (Å²) in [5.74, 6) is 0. The van der Waals surface area contributed by atoms with Gasteiger partial charge in [0.2, 0.25) is 0 Å². The van der Waals surface area contributed by atoms with Gasteiger partial charge in [0, 0.05) is 15.4 Å². The van der Waals surface area contributed by atoms with E-state index in [9.17, 15) is 13.2 Å². The van der Waals surface area contributed by atoms with Crippen LogP contribution in [0.5, 0.6) is 0 Å². The van der Waals surface area contributed by atoms with Crippen LogP contribution in [-0.4, -0.2) is 21.0 Å². The van der Waals surface area contributed by atoms with Gasteiger partial charge in [-0.05, 0) is 40.8 Å². The molecule has 0 heterocycles. The Morgan fingerprint density at radius 1 is 1.38 bits per heavy atom. The van der Waals surface area contributed by atoms with Crippen LogP contribution in [0.15, 0.2) is 23.1 Å². The fourth-order valence-corrected chi connectivity index (χ4v) is 2.51. The Hall–Kier alpha value is -0.430. The van der Waals surface area contributed by atoms with Crippen LogP contribution in [0.4, 0.5) is 0 Å². The maximum Gasteiger partial charge on any atom is 0.176 e. The first-order chi connectivity index (χ1) is 5.95. The number of hydrogen-bond acceptors (Lipinski definition) is 3. The number of aldehydes is 1. The second-order valence-corrected chi connectivity index (χ2v) is 5.80. The van der Waals surface area contributed by atoms with Gasteiger partial charge in [-0.1, -0.05) is 0 Å². The molecule has 0 amide bonds. The van der Waals surface area contributed by atoms with Crippen molar-refractivity contribution in [3.63, 3.8) is 0 Å². The van der Waals surface area contributed by atoms with Crippen LogP contribution in [-0.2, 0) is 9.84 Å². The lowest BCUT2D eigenvalue weighted by atomic mass is 10.2. The standard InChI is InChI=1S/C8H7IO3S/c1-13(11,12)8-4-7(9)3-2-6(8)5-10/h2-5H,1H3. The Morgan fingerprint density at radius 2 is 2.00 bits per heavy atom. The number of halogens is 1. The molecule has 70 valence electrons. The van der Waals surface area contributed by atoms with Crippen LogP contribution in [0, 0.1) is 3.57 Å². The minimum Gasteiger partial charge on any atom is -0.298 e. The van der Waals surface area contributed by atoms with E-state index in [1.165, 1.54) is 12.1 Å². The van der Waals surface area contributed by atoms with Gasteiger partial charge in [-0.15, -0.1) is 0 Å². The quantitative estimate of drug-likeness (QED) is 0.614. The molecular weight excluding hydrogens is 303 g/mol. The fraction of sp³-hybridized carbons (Fsp3) is 0.125. The molecule has 0 atom stereocenters. The highest BCUT2D eigenvalue weighted by Gasteiger charge is 2.12. The smallest absolute Gasteiger partial charge is 0.176 e. The van der Waals surface area contributed by atoms with Crippen LogP contribution in [0.3, 0.4) is 0 Å². The summed E-state index contributed by atoms with van der Waals surface area (Å²) >= 11 is 2.00. The number of hydrogen-bond donors (Lipinski definition) is 0. The summed E-state index contributed by atoms with van der Waals surface area (Å²) in [6.07, 6.45) is 1.64. The molecule has 0 saturated carbocycles. The van der Waals surface area contributed by atoms with Gasteiger partial charge >= 0.3 is 0 Å². The van der Waals surface area contributed by atoms with E-state index in [0.29, 0.717) is 6.29 Å². The monoisotopic (exact) mass is 310 g/mol. The molecule has 0 radical (unpaired) electrons. The number of sulfone groups is 1. The Bertz CT molecular complexity index is 437. The second-order valence-electron chi connectivity index (χ2n) is 2.57. The van der Waals surface area contributed by atoms with Gasteiger partial charge in [0.05, 0.1) is 4.90 Å². The van der Waals surface area contributed by atoms with E-state index in [1.54, 1.807) is 6.07 Å². The van der Waals surface area contributed by atoms with Gasteiger partial charge in [-0.2, -0.15) is 0 Å². The molecule has 1 rings (SSSR count). The van der Waals surface area contributed by atoms with Gasteiger partial charge < -0.3 is 0 Å². The van der Waals surface area contributed by atoms with E-state index in [2.05, 4.69) is 0 Å². The maximum absolute atomic E-state index is 11.2. The van der Waals surface area contributed by atoms with E-state index < -0.39 is 9.84 Å². The van der Waals surface area contributed by atoms with Crippen molar-refractivity contribution in [2.24, 2.45) is 0 Å². The Labute approximate surface area is 90.2 Å². The summed E-state index contributed by atoms with van der Waals surface area (Å²) in [5.41, 5.74) is 0.211. The second kappa shape index (κ2) is 3.75. The molecule has 0 spiro atoms. The van der Waals surface area contributed by atoms with E-state index >= 15 is 0 Å². The first kappa shape index (κ1) is 10.6. The van der Waals surface area contributed by atoms with Crippen LogP contribution in [0.2, 0.25) is 0 Å². The molecule has 13 heavy (non-hydrogen) atoms. The van der Waals surface area contributed by atoms with Crippen molar-refractivity contribution in [2.45, 2.75) is 4.90 Å². The Balaban J connectivity index is 3.50. The molecule has 1 aromatic carbocycles.